The maximum Gasteiger partial charge on any atom is 0.343 e. The summed E-state index contributed by atoms with van der Waals surface area (Å²) >= 11 is 0. The predicted octanol–water partition coefficient (Wildman–Crippen LogP) is 2.92. The van der Waals surface area contributed by atoms with Crippen LogP contribution in [0.3, 0.4) is 0 Å². The first-order valence-corrected chi connectivity index (χ1v) is 5.74. The summed E-state index contributed by atoms with van der Waals surface area (Å²) in [6, 6.07) is 13.8. The fraction of sp³-hybridized carbons (Fsp3) is 0.133. The number of para-hydroxylation sites is 2. The molecule has 0 aromatic heterocycles. The molecule has 0 aliphatic carbocycles. The van der Waals surface area contributed by atoms with Crippen molar-refractivity contribution >= 4 is 5.97 Å². The first kappa shape index (κ1) is 13.0. The van der Waals surface area contributed by atoms with E-state index in [4.69, 9.17) is 14.2 Å². The summed E-state index contributed by atoms with van der Waals surface area (Å²) in [7, 11) is 3.07. The molecule has 2 aromatic carbocycles. The molecule has 2 rings (SSSR count). The normalized spacial score (nSPS) is 9.79. The Morgan fingerprint density at radius 1 is 0.895 bits per heavy atom. The highest BCUT2D eigenvalue weighted by Gasteiger charge is 2.12. The van der Waals surface area contributed by atoms with Gasteiger partial charge in [-0.25, -0.2) is 4.79 Å². The third-order valence-electron chi connectivity index (χ3n) is 2.58. The fourth-order valence-electron chi connectivity index (χ4n) is 1.61. The summed E-state index contributed by atoms with van der Waals surface area (Å²) in [6.45, 7) is 0. The third kappa shape index (κ3) is 3.04. The molecule has 0 saturated heterocycles. The minimum atomic E-state index is -0.455. The largest absolute Gasteiger partial charge is 0.497 e. The van der Waals surface area contributed by atoms with E-state index < -0.39 is 5.97 Å². The summed E-state index contributed by atoms with van der Waals surface area (Å²) in [5.74, 6) is 1.05. The number of benzene rings is 2. The number of hydrogen-bond acceptors (Lipinski definition) is 4. The van der Waals surface area contributed by atoms with Gasteiger partial charge in [0.25, 0.3) is 0 Å². The van der Waals surface area contributed by atoms with Gasteiger partial charge >= 0.3 is 5.97 Å². The van der Waals surface area contributed by atoms with Crippen LogP contribution in [0.1, 0.15) is 10.4 Å². The van der Waals surface area contributed by atoms with E-state index in [-0.39, 0.29) is 0 Å². The molecule has 0 unspecified atom stereocenters. The number of ether oxygens (including phenoxy) is 3. The van der Waals surface area contributed by atoms with E-state index in [1.165, 1.54) is 7.11 Å². The fourth-order valence-corrected chi connectivity index (χ4v) is 1.61. The Morgan fingerprint density at radius 2 is 1.63 bits per heavy atom. The van der Waals surface area contributed by atoms with Crippen LogP contribution in [-0.4, -0.2) is 20.2 Å². The van der Waals surface area contributed by atoms with Gasteiger partial charge < -0.3 is 14.2 Å². The van der Waals surface area contributed by atoms with E-state index in [1.807, 2.05) is 6.07 Å². The lowest BCUT2D eigenvalue weighted by Crippen LogP contribution is -2.09. The van der Waals surface area contributed by atoms with E-state index >= 15 is 0 Å². The lowest BCUT2D eigenvalue weighted by molar-refractivity contribution is 0.0729. The van der Waals surface area contributed by atoms with Crippen molar-refractivity contribution in [2.75, 3.05) is 14.2 Å². The van der Waals surface area contributed by atoms with Crippen LogP contribution in [0.2, 0.25) is 0 Å². The van der Waals surface area contributed by atoms with Crippen molar-refractivity contribution in [3.05, 3.63) is 54.1 Å². The van der Waals surface area contributed by atoms with E-state index in [1.54, 1.807) is 49.6 Å². The first-order chi connectivity index (χ1) is 9.24. The molecule has 0 N–H and O–H groups in total. The van der Waals surface area contributed by atoms with Gasteiger partial charge in [0.05, 0.1) is 19.8 Å². The molecule has 0 fully saturated rings. The van der Waals surface area contributed by atoms with Crippen molar-refractivity contribution in [1.82, 2.24) is 0 Å². The molecular formula is C15H14O4. The van der Waals surface area contributed by atoms with Crippen molar-refractivity contribution in [2.24, 2.45) is 0 Å². The Balaban J connectivity index is 2.20. The Morgan fingerprint density at radius 3 is 2.32 bits per heavy atom. The summed E-state index contributed by atoms with van der Waals surface area (Å²) in [6.07, 6.45) is 0. The zero-order valence-corrected chi connectivity index (χ0v) is 10.8. The summed E-state index contributed by atoms with van der Waals surface area (Å²) < 4.78 is 15.5. The second kappa shape index (κ2) is 5.91. The first-order valence-electron chi connectivity index (χ1n) is 5.74. The molecule has 19 heavy (non-hydrogen) atoms. The highest BCUT2D eigenvalue weighted by atomic mass is 16.6. The lowest BCUT2D eigenvalue weighted by atomic mass is 10.2. The van der Waals surface area contributed by atoms with Crippen LogP contribution < -0.4 is 14.2 Å². The standard InChI is InChI=1S/C15H14O4/c1-17-12-7-5-6-11(10-12)15(16)19-14-9-4-3-8-13(14)18-2/h3-10H,1-2H3. The molecule has 2 aromatic rings. The third-order valence-corrected chi connectivity index (χ3v) is 2.58. The van der Waals surface area contributed by atoms with Crippen molar-refractivity contribution in [1.29, 1.82) is 0 Å². The average Bonchev–Trinajstić information content (AvgIpc) is 2.47. The summed E-state index contributed by atoms with van der Waals surface area (Å²) in [5.41, 5.74) is 0.422. The van der Waals surface area contributed by atoms with E-state index in [0.717, 1.165) is 0 Å². The van der Waals surface area contributed by atoms with Gasteiger partial charge in [0, 0.05) is 0 Å². The molecule has 4 nitrogen and oxygen atoms in total. The SMILES string of the molecule is COc1cccc(C(=O)Oc2ccccc2OC)c1. The maximum absolute atomic E-state index is 12.0. The number of esters is 1. The van der Waals surface area contributed by atoms with E-state index in [9.17, 15) is 4.79 Å². The second-order valence-electron chi connectivity index (χ2n) is 3.77. The molecule has 0 atom stereocenters. The van der Waals surface area contributed by atoms with Gasteiger partial charge in [-0.3, -0.25) is 0 Å². The quantitative estimate of drug-likeness (QED) is 0.624. The molecule has 0 heterocycles. The Bertz CT molecular complexity index is 578. The van der Waals surface area contributed by atoms with E-state index in [0.29, 0.717) is 22.8 Å². The van der Waals surface area contributed by atoms with Crippen LogP contribution >= 0.6 is 0 Å². The number of hydrogen-bond donors (Lipinski definition) is 0. The van der Waals surface area contributed by atoms with Crippen LogP contribution in [0, 0.1) is 0 Å². The molecule has 4 heteroatoms. The molecule has 0 aliphatic heterocycles. The number of carbonyl (C=O) groups is 1. The van der Waals surface area contributed by atoms with Crippen LogP contribution in [-0.2, 0) is 0 Å². The average molecular weight is 258 g/mol. The molecule has 0 radical (unpaired) electrons. The number of carbonyl (C=O) groups excluding carboxylic acids is 1. The van der Waals surface area contributed by atoms with Crippen molar-refractivity contribution in [3.8, 4) is 17.2 Å². The van der Waals surface area contributed by atoms with Gasteiger partial charge in [0.15, 0.2) is 11.5 Å². The van der Waals surface area contributed by atoms with Gasteiger partial charge in [0.2, 0.25) is 0 Å². The number of methoxy groups -OCH3 is 2. The van der Waals surface area contributed by atoms with Gasteiger partial charge in [-0.15, -0.1) is 0 Å². The Hall–Kier alpha value is -2.49. The van der Waals surface area contributed by atoms with Crippen LogP contribution in [0.15, 0.2) is 48.5 Å². The topological polar surface area (TPSA) is 44.8 Å². The van der Waals surface area contributed by atoms with Gasteiger partial charge in [-0.2, -0.15) is 0 Å². The second-order valence-corrected chi connectivity index (χ2v) is 3.77. The van der Waals surface area contributed by atoms with E-state index in [2.05, 4.69) is 0 Å². The molecule has 0 saturated carbocycles. The zero-order chi connectivity index (χ0) is 13.7. The molecule has 0 amide bonds. The van der Waals surface area contributed by atoms with Crippen LogP contribution in [0.4, 0.5) is 0 Å². The minimum absolute atomic E-state index is 0.387. The van der Waals surface area contributed by atoms with Crippen molar-refractivity contribution < 1.29 is 19.0 Å². The minimum Gasteiger partial charge on any atom is -0.497 e. The highest BCUT2D eigenvalue weighted by molar-refractivity contribution is 5.91. The van der Waals surface area contributed by atoms with Crippen molar-refractivity contribution in [2.45, 2.75) is 0 Å². The lowest BCUT2D eigenvalue weighted by Gasteiger charge is -2.09. The van der Waals surface area contributed by atoms with Gasteiger partial charge in [-0.1, -0.05) is 18.2 Å². The number of rotatable bonds is 4. The van der Waals surface area contributed by atoms with Gasteiger partial charge in [0.1, 0.15) is 5.75 Å². The molecule has 0 spiro atoms. The summed E-state index contributed by atoms with van der Waals surface area (Å²) in [5, 5.41) is 0. The van der Waals surface area contributed by atoms with Crippen molar-refractivity contribution in [3.63, 3.8) is 0 Å². The summed E-state index contributed by atoms with van der Waals surface area (Å²) in [4.78, 5) is 12.0. The molecular weight excluding hydrogens is 244 g/mol. The smallest absolute Gasteiger partial charge is 0.343 e. The maximum atomic E-state index is 12.0. The van der Waals surface area contributed by atoms with Crippen LogP contribution in [0.25, 0.3) is 0 Å². The zero-order valence-electron chi connectivity index (χ0n) is 10.8. The van der Waals surface area contributed by atoms with Gasteiger partial charge in [-0.05, 0) is 30.3 Å². The Kier molecular flexibility index (Phi) is 4.03. The highest BCUT2D eigenvalue weighted by Crippen LogP contribution is 2.27. The monoisotopic (exact) mass is 258 g/mol. The molecule has 0 bridgehead atoms. The predicted molar refractivity (Wildman–Crippen MR) is 70.9 cm³/mol. The molecule has 98 valence electrons. The Labute approximate surface area is 111 Å². The van der Waals surface area contributed by atoms with Crippen LogP contribution in [0.5, 0.6) is 17.2 Å². The molecule has 0 aliphatic rings.